The molecule has 0 bridgehead atoms. The number of rotatable bonds is 4. The lowest BCUT2D eigenvalue weighted by Crippen LogP contribution is -2.11. The minimum Gasteiger partial charge on any atom is -0.508 e. The number of carbonyl (C=O) groups excluding carboxylic acids is 1. The van der Waals surface area contributed by atoms with Gasteiger partial charge in [0, 0.05) is 40.6 Å². The third-order valence-corrected chi connectivity index (χ3v) is 4.59. The SMILES string of the molecule is O=C(c1cccnc1)c1cc(O)cc(-c2cccc3[nH]cc(CC(F)(F)F)c23)c1. The van der Waals surface area contributed by atoms with Crippen molar-refractivity contribution in [3.8, 4) is 16.9 Å². The van der Waals surface area contributed by atoms with E-state index in [4.69, 9.17) is 0 Å². The average molecular weight is 396 g/mol. The summed E-state index contributed by atoms with van der Waals surface area (Å²) in [5.74, 6) is -0.494. The van der Waals surface area contributed by atoms with Crippen LogP contribution in [0.1, 0.15) is 21.5 Å². The molecule has 0 aliphatic carbocycles. The summed E-state index contributed by atoms with van der Waals surface area (Å²) in [7, 11) is 0. The molecule has 0 amide bonds. The first-order valence-electron chi connectivity index (χ1n) is 8.77. The fourth-order valence-corrected chi connectivity index (χ4v) is 3.41. The number of fused-ring (bicyclic) bond motifs is 1. The van der Waals surface area contributed by atoms with Gasteiger partial charge >= 0.3 is 6.18 Å². The van der Waals surface area contributed by atoms with Crippen LogP contribution in [0.5, 0.6) is 5.75 Å². The van der Waals surface area contributed by atoms with Gasteiger partial charge in [0.05, 0.1) is 6.42 Å². The Bertz CT molecular complexity index is 1200. The number of hydrogen-bond donors (Lipinski definition) is 2. The Kier molecular flexibility index (Phi) is 4.58. The maximum atomic E-state index is 13.0. The number of aromatic nitrogens is 2. The molecule has 2 heterocycles. The molecule has 0 aliphatic rings. The van der Waals surface area contributed by atoms with Crippen molar-refractivity contribution in [3.05, 3.63) is 83.8 Å². The topological polar surface area (TPSA) is 66.0 Å². The van der Waals surface area contributed by atoms with Gasteiger partial charge in [-0.1, -0.05) is 12.1 Å². The van der Waals surface area contributed by atoms with Crippen LogP contribution in [0.15, 0.2) is 67.1 Å². The normalized spacial score (nSPS) is 11.7. The summed E-state index contributed by atoms with van der Waals surface area (Å²) in [6, 6.07) is 12.6. The zero-order valence-corrected chi connectivity index (χ0v) is 15.0. The Morgan fingerprint density at radius 1 is 1.07 bits per heavy atom. The van der Waals surface area contributed by atoms with E-state index in [2.05, 4.69) is 9.97 Å². The summed E-state index contributed by atoms with van der Waals surface area (Å²) in [6.45, 7) is 0. The van der Waals surface area contributed by atoms with Gasteiger partial charge in [-0.25, -0.2) is 0 Å². The smallest absolute Gasteiger partial charge is 0.393 e. The number of pyridine rings is 1. The van der Waals surface area contributed by atoms with Crippen molar-refractivity contribution in [2.45, 2.75) is 12.6 Å². The Balaban J connectivity index is 1.85. The number of hydrogen-bond acceptors (Lipinski definition) is 3. The number of H-pyrrole nitrogens is 1. The number of phenols is 1. The maximum absolute atomic E-state index is 13.0. The van der Waals surface area contributed by atoms with Gasteiger partial charge in [-0.15, -0.1) is 0 Å². The molecule has 0 radical (unpaired) electrons. The van der Waals surface area contributed by atoms with Crippen LogP contribution in [-0.2, 0) is 6.42 Å². The highest BCUT2D eigenvalue weighted by Crippen LogP contribution is 2.36. The molecule has 0 atom stereocenters. The van der Waals surface area contributed by atoms with Crippen LogP contribution in [0.25, 0.3) is 22.0 Å². The molecule has 0 saturated carbocycles. The van der Waals surface area contributed by atoms with Gasteiger partial charge in [0.1, 0.15) is 5.75 Å². The zero-order chi connectivity index (χ0) is 20.6. The third kappa shape index (κ3) is 3.85. The van der Waals surface area contributed by atoms with Gasteiger partial charge in [-0.05, 0) is 53.1 Å². The van der Waals surface area contributed by atoms with Crippen molar-refractivity contribution < 1.29 is 23.1 Å². The molecule has 2 N–H and O–H groups in total. The number of nitrogens with one attached hydrogen (secondary N) is 1. The van der Waals surface area contributed by atoms with Crippen LogP contribution >= 0.6 is 0 Å². The van der Waals surface area contributed by atoms with Crippen molar-refractivity contribution in [2.75, 3.05) is 0 Å². The summed E-state index contributed by atoms with van der Waals surface area (Å²) in [5.41, 5.74) is 2.17. The van der Waals surface area contributed by atoms with E-state index >= 15 is 0 Å². The summed E-state index contributed by atoms with van der Waals surface area (Å²) in [6.07, 6.45) is -1.14. The van der Waals surface area contributed by atoms with Gasteiger partial charge in [0.2, 0.25) is 0 Å². The number of alkyl halides is 3. The molecule has 146 valence electrons. The second-order valence-electron chi connectivity index (χ2n) is 6.67. The molecule has 7 heteroatoms. The molecule has 2 aromatic carbocycles. The van der Waals surface area contributed by atoms with E-state index < -0.39 is 12.6 Å². The summed E-state index contributed by atoms with van der Waals surface area (Å²) in [4.78, 5) is 19.5. The predicted octanol–water partition coefficient (Wildman–Crippen LogP) is 5.27. The van der Waals surface area contributed by atoms with Crippen LogP contribution in [-0.4, -0.2) is 27.0 Å². The molecular weight excluding hydrogens is 381 g/mol. The van der Waals surface area contributed by atoms with Crippen LogP contribution < -0.4 is 0 Å². The van der Waals surface area contributed by atoms with Crippen LogP contribution in [0.3, 0.4) is 0 Å². The summed E-state index contributed by atoms with van der Waals surface area (Å²) < 4.78 is 39.0. The highest BCUT2D eigenvalue weighted by molar-refractivity contribution is 6.10. The maximum Gasteiger partial charge on any atom is 0.393 e. The highest BCUT2D eigenvalue weighted by atomic mass is 19.4. The third-order valence-electron chi connectivity index (χ3n) is 4.59. The number of benzene rings is 2. The number of carbonyl (C=O) groups is 1. The molecule has 0 saturated heterocycles. The lowest BCUT2D eigenvalue weighted by atomic mass is 9.94. The van der Waals surface area contributed by atoms with E-state index in [1.165, 1.54) is 24.5 Å². The van der Waals surface area contributed by atoms with E-state index in [9.17, 15) is 23.1 Å². The highest BCUT2D eigenvalue weighted by Gasteiger charge is 2.29. The first-order chi connectivity index (χ1) is 13.8. The van der Waals surface area contributed by atoms with Crippen molar-refractivity contribution in [2.24, 2.45) is 0 Å². The second kappa shape index (κ2) is 7.09. The van der Waals surface area contributed by atoms with E-state index in [1.807, 2.05) is 0 Å². The fourth-order valence-electron chi connectivity index (χ4n) is 3.41. The lowest BCUT2D eigenvalue weighted by Gasteiger charge is -2.11. The largest absolute Gasteiger partial charge is 0.508 e. The van der Waals surface area contributed by atoms with Gasteiger partial charge < -0.3 is 10.1 Å². The van der Waals surface area contributed by atoms with Crippen LogP contribution in [0, 0.1) is 0 Å². The summed E-state index contributed by atoms with van der Waals surface area (Å²) in [5, 5.41) is 10.6. The first-order valence-corrected chi connectivity index (χ1v) is 8.77. The Morgan fingerprint density at radius 2 is 1.90 bits per heavy atom. The van der Waals surface area contributed by atoms with Crippen molar-refractivity contribution in [3.63, 3.8) is 0 Å². The molecule has 4 rings (SSSR count). The van der Waals surface area contributed by atoms with Crippen molar-refractivity contribution in [1.29, 1.82) is 0 Å². The number of ketones is 1. The van der Waals surface area contributed by atoms with E-state index in [-0.39, 0.29) is 22.7 Å². The lowest BCUT2D eigenvalue weighted by molar-refractivity contribution is -0.127. The molecule has 4 aromatic rings. The molecular formula is C22H15F3N2O2. The zero-order valence-electron chi connectivity index (χ0n) is 15.0. The van der Waals surface area contributed by atoms with Crippen molar-refractivity contribution >= 4 is 16.7 Å². The van der Waals surface area contributed by atoms with Crippen LogP contribution in [0.4, 0.5) is 13.2 Å². The monoisotopic (exact) mass is 396 g/mol. The minimum absolute atomic E-state index is 0.103. The van der Waals surface area contributed by atoms with Gasteiger partial charge in [-0.2, -0.15) is 13.2 Å². The molecule has 4 nitrogen and oxygen atoms in total. The molecule has 0 unspecified atom stereocenters. The Hall–Kier alpha value is -3.61. The van der Waals surface area contributed by atoms with Crippen LogP contribution in [0.2, 0.25) is 0 Å². The average Bonchev–Trinajstić information content (AvgIpc) is 3.09. The minimum atomic E-state index is -4.36. The molecule has 0 spiro atoms. The first kappa shape index (κ1) is 18.7. The molecule has 29 heavy (non-hydrogen) atoms. The number of nitrogens with zero attached hydrogens (tertiary/aromatic N) is 1. The number of aromatic amines is 1. The molecule has 2 aromatic heterocycles. The van der Waals surface area contributed by atoms with Gasteiger partial charge in [-0.3, -0.25) is 9.78 Å². The van der Waals surface area contributed by atoms with Crippen molar-refractivity contribution in [1.82, 2.24) is 9.97 Å². The number of phenolic OH excluding ortho intramolecular Hbond substituents is 1. The molecule has 0 aliphatic heterocycles. The standard InChI is InChI=1S/C22H15F3N2O2/c23-22(24,25)10-16-12-27-19-5-1-4-18(20(16)19)14-7-15(9-17(28)8-14)21(29)13-3-2-6-26-11-13/h1-9,11-12,27-28H,10H2. The Labute approximate surface area is 163 Å². The quantitative estimate of drug-likeness (QED) is 0.462. The fraction of sp³-hybridized carbons (Fsp3) is 0.0909. The predicted molar refractivity (Wildman–Crippen MR) is 103 cm³/mol. The van der Waals surface area contributed by atoms with E-state index in [1.54, 1.807) is 42.6 Å². The number of aromatic hydroxyl groups is 1. The summed E-state index contributed by atoms with van der Waals surface area (Å²) >= 11 is 0. The van der Waals surface area contributed by atoms with Gasteiger partial charge in [0.15, 0.2) is 5.78 Å². The number of halogens is 3. The molecule has 0 fully saturated rings. The Morgan fingerprint density at radius 3 is 2.62 bits per heavy atom. The van der Waals surface area contributed by atoms with E-state index in [0.717, 1.165) is 0 Å². The van der Waals surface area contributed by atoms with E-state index in [0.29, 0.717) is 27.6 Å². The second-order valence-corrected chi connectivity index (χ2v) is 6.67. The van der Waals surface area contributed by atoms with Gasteiger partial charge in [0.25, 0.3) is 0 Å².